The molecule has 0 aromatic rings. The summed E-state index contributed by atoms with van der Waals surface area (Å²) in [6, 6.07) is 0. The normalized spacial score (nSPS) is 15.4. The molecule has 0 aliphatic heterocycles. The second-order valence-electron chi connectivity index (χ2n) is 2.89. The average Bonchev–Trinajstić information content (AvgIpc) is 2.01. The number of rotatable bonds is 4. The molecule has 0 saturated heterocycles. The summed E-state index contributed by atoms with van der Waals surface area (Å²) in [4.78, 5) is 0. The van der Waals surface area contributed by atoms with E-state index in [1.165, 1.54) is 0 Å². The second kappa shape index (κ2) is 3.97. The highest BCUT2D eigenvalue weighted by molar-refractivity contribution is 5.00. The van der Waals surface area contributed by atoms with Crippen molar-refractivity contribution in [1.82, 2.24) is 0 Å². The zero-order valence-corrected chi connectivity index (χ0v) is 7.39. The predicted octanol–water partition coefficient (Wildman–Crippen LogP) is 2.80. The van der Waals surface area contributed by atoms with Crippen LogP contribution in [0, 0.1) is 0 Å². The van der Waals surface area contributed by atoms with Gasteiger partial charge in [-0.05, 0) is 6.54 Å². The number of hydrogen-bond donors (Lipinski definition) is 1. The Morgan fingerprint density at radius 2 is 1.06 bits per heavy atom. The smallest absolute Gasteiger partial charge is 0.330 e. The molecule has 0 aromatic heterocycles. The van der Waals surface area contributed by atoms with Gasteiger partial charge in [0, 0.05) is 6.42 Å². The van der Waals surface area contributed by atoms with Crippen molar-refractivity contribution in [2.75, 3.05) is 6.54 Å². The van der Waals surface area contributed by atoms with E-state index in [4.69, 9.17) is 0 Å². The Bertz CT molecular complexity index is 243. The third kappa shape index (κ3) is 2.20. The van der Waals surface area contributed by atoms with E-state index in [9.17, 15) is 39.5 Å². The molecule has 1 nitrogen and oxygen atoms in total. The van der Waals surface area contributed by atoms with Crippen LogP contribution >= 0.6 is 0 Å². The lowest BCUT2D eigenvalue weighted by Crippen LogP contribution is -2.61. The molecule has 0 fully saturated rings. The first-order chi connectivity index (χ1) is 6.81. The van der Waals surface area contributed by atoms with Crippen LogP contribution in [-0.2, 0) is 0 Å². The van der Waals surface area contributed by atoms with Gasteiger partial charge in [-0.2, -0.15) is 39.5 Å². The van der Waals surface area contributed by atoms with Crippen LogP contribution in [0.2, 0.25) is 0 Å². The Balaban J connectivity index is 5.34. The lowest BCUT2D eigenvalue weighted by molar-refractivity contribution is -0.396. The number of halogens is 9. The molecule has 0 rings (SSSR count). The molecule has 0 unspecified atom stereocenters. The summed E-state index contributed by atoms with van der Waals surface area (Å²) < 4.78 is 108. The van der Waals surface area contributed by atoms with E-state index in [2.05, 4.69) is 5.73 Å². The van der Waals surface area contributed by atoms with Gasteiger partial charge in [-0.1, -0.05) is 0 Å². The fourth-order valence-corrected chi connectivity index (χ4v) is 0.746. The molecule has 0 atom stereocenters. The van der Waals surface area contributed by atoms with Crippen LogP contribution in [0.15, 0.2) is 0 Å². The Morgan fingerprint density at radius 3 is 1.31 bits per heavy atom. The summed E-state index contributed by atoms with van der Waals surface area (Å²) in [6.07, 6.45) is -8.75. The minimum Gasteiger partial charge on any atom is -0.330 e. The molecule has 0 bridgehead atoms. The van der Waals surface area contributed by atoms with Crippen LogP contribution in [0.25, 0.3) is 0 Å². The molecular weight excluding hydrogens is 257 g/mol. The minimum absolute atomic E-state index is 1.16. The van der Waals surface area contributed by atoms with E-state index in [-0.39, 0.29) is 0 Å². The van der Waals surface area contributed by atoms with Crippen molar-refractivity contribution in [1.29, 1.82) is 0 Å². The number of alkyl halides is 9. The van der Waals surface area contributed by atoms with Crippen LogP contribution in [0.5, 0.6) is 0 Å². The molecule has 10 heteroatoms. The highest BCUT2D eigenvalue weighted by atomic mass is 19.4. The molecule has 0 aliphatic rings. The molecule has 0 aliphatic carbocycles. The van der Waals surface area contributed by atoms with E-state index < -0.39 is 36.9 Å². The van der Waals surface area contributed by atoms with Crippen molar-refractivity contribution in [2.45, 2.75) is 30.4 Å². The first-order valence-corrected chi connectivity index (χ1v) is 3.71. The van der Waals surface area contributed by atoms with E-state index in [0.717, 1.165) is 0 Å². The van der Waals surface area contributed by atoms with Gasteiger partial charge in [-0.15, -0.1) is 0 Å². The molecule has 0 radical (unpaired) electrons. The first kappa shape index (κ1) is 15.3. The van der Waals surface area contributed by atoms with Crippen molar-refractivity contribution in [2.24, 2.45) is 5.73 Å². The minimum atomic E-state index is -6.82. The quantitative estimate of drug-likeness (QED) is 0.775. The molecule has 0 heterocycles. The summed E-state index contributed by atoms with van der Waals surface area (Å²) in [7, 11) is 0. The van der Waals surface area contributed by atoms with E-state index >= 15 is 0 Å². The lowest BCUT2D eigenvalue weighted by atomic mass is 10.0. The van der Waals surface area contributed by atoms with Crippen molar-refractivity contribution >= 4 is 0 Å². The lowest BCUT2D eigenvalue weighted by Gasteiger charge is -2.33. The standard InChI is InChI=1S/C6H6F9N/c7-3(8,1-2-16)4(9,10)5(11,12)6(13,14)15/h1-2,16H2. The predicted molar refractivity (Wildman–Crippen MR) is 34.6 cm³/mol. The Kier molecular flexibility index (Phi) is 3.80. The molecular formula is C6H6F9N. The van der Waals surface area contributed by atoms with Gasteiger partial charge in [0.1, 0.15) is 0 Å². The topological polar surface area (TPSA) is 26.0 Å². The summed E-state index contributed by atoms with van der Waals surface area (Å²) >= 11 is 0. The van der Waals surface area contributed by atoms with Crippen LogP contribution in [0.4, 0.5) is 39.5 Å². The zero-order chi connectivity index (χ0) is 13.4. The van der Waals surface area contributed by atoms with Crippen molar-refractivity contribution in [3.05, 3.63) is 0 Å². The summed E-state index contributed by atoms with van der Waals surface area (Å²) in [5.41, 5.74) is 4.42. The first-order valence-electron chi connectivity index (χ1n) is 3.71. The van der Waals surface area contributed by atoms with Crippen molar-refractivity contribution in [3.63, 3.8) is 0 Å². The van der Waals surface area contributed by atoms with Gasteiger partial charge >= 0.3 is 23.9 Å². The number of nitrogens with two attached hydrogens (primary N) is 1. The highest BCUT2D eigenvalue weighted by Crippen LogP contribution is 2.53. The Labute approximate surface area is 83.4 Å². The fourth-order valence-electron chi connectivity index (χ4n) is 0.746. The molecule has 16 heavy (non-hydrogen) atoms. The monoisotopic (exact) mass is 263 g/mol. The van der Waals surface area contributed by atoms with Gasteiger partial charge in [-0.25, -0.2) is 0 Å². The Morgan fingerprint density at radius 1 is 0.688 bits per heavy atom. The van der Waals surface area contributed by atoms with Gasteiger partial charge in [-0.3, -0.25) is 0 Å². The third-order valence-corrected chi connectivity index (χ3v) is 1.67. The van der Waals surface area contributed by atoms with Gasteiger partial charge < -0.3 is 5.73 Å². The largest absolute Gasteiger partial charge is 0.460 e. The second-order valence-corrected chi connectivity index (χ2v) is 2.89. The summed E-state index contributed by atoms with van der Waals surface area (Å²) in [6.45, 7) is -1.16. The maximum atomic E-state index is 12.4. The Hall–Kier alpha value is -0.670. The van der Waals surface area contributed by atoms with E-state index in [0.29, 0.717) is 0 Å². The molecule has 2 N–H and O–H groups in total. The zero-order valence-electron chi connectivity index (χ0n) is 7.39. The average molecular weight is 263 g/mol. The van der Waals surface area contributed by atoms with E-state index in [1.54, 1.807) is 0 Å². The van der Waals surface area contributed by atoms with Crippen LogP contribution in [-0.4, -0.2) is 30.5 Å². The maximum Gasteiger partial charge on any atom is 0.460 e. The van der Waals surface area contributed by atoms with Crippen LogP contribution in [0.3, 0.4) is 0 Å². The van der Waals surface area contributed by atoms with Crippen LogP contribution in [0.1, 0.15) is 6.42 Å². The van der Waals surface area contributed by atoms with Crippen molar-refractivity contribution < 1.29 is 39.5 Å². The van der Waals surface area contributed by atoms with E-state index in [1.807, 2.05) is 0 Å². The van der Waals surface area contributed by atoms with Gasteiger partial charge in [0.05, 0.1) is 0 Å². The fraction of sp³-hybridized carbons (Fsp3) is 1.00. The summed E-state index contributed by atoms with van der Waals surface area (Å²) in [5.74, 6) is -18.9. The third-order valence-electron chi connectivity index (χ3n) is 1.67. The van der Waals surface area contributed by atoms with Gasteiger partial charge in [0.25, 0.3) is 0 Å². The molecule has 0 aromatic carbocycles. The number of hydrogen-bond acceptors (Lipinski definition) is 1. The molecule has 0 spiro atoms. The van der Waals surface area contributed by atoms with Gasteiger partial charge in [0.15, 0.2) is 0 Å². The highest BCUT2D eigenvalue weighted by Gasteiger charge is 2.81. The maximum absolute atomic E-state index is 12.4. The van der Waals surface area contributed by atoms with Gasteiger partial charge in [0.2, 0.25) is 0 Å². The summed E-state index contributed by atoms with van der Waals surface area (Å²) in [5, 5.41) is 0. The van der Waals surface area contributed by atoms with Crippen LogP contribution < -0.4 is 5.73 Å². The molecule has 98 valence electrons. The SMILES string of the molecule is NCCC(F)(F)C(F)(F)C(F)(F)C(F)(F)F. The molecule has 0 saturated carbocycles. The molecule has 0 amide bonds. The van der Waals surface area contributed by atoms with Crippen molar-refractivity contribution in [3.8, 4) is 0 Å².